The minimum atomic E-state index is -0.448. The first kappa shape index (κ1) is 43.9. The number of hydrogen-bond acceptors (Lipinski definition) is 2. The second kappa shape index (κ2) is 19.4. The van der Waals surface area contributed by atoms with Crippen molar-refractivity contribution in [3.05, 3.63) is 241 Å². The number of fused-ring (bicyclic) bond motifs is 7. The SMILES string of the molecule is [2H]c1c([2H])c([2H])c(-c2cccc(-c3cc(C(C)(C)C)cc(C(C)(C)C)c3)c2-[n+]2[c-]n(-c3[c-]c(Oc4[c-]c5c(cc4)c4cc(-n6c7ccccc7c7ccccc76)ccc4n5-c4cc(CC)ccn4)ccc3)c3ccccc32)c([2H])c1[2H].[Pt]. The van der Waals surface area contributed by atoms with E-state index < -0.39 is 18.1 Å². The smallest absolute Gasteiger partial charge is 0.268 e. The Kier molecular flexibility index (Phi) is 11.0. The molecular weight excluding hydrogens is 1120 g/mol. The third-order valence-corrected chi connectivity index (χ3v) is 14.7. The van der Waals surface area contributed by atoms with Crippen molar-refractivity contribution >= 4 is 54.6 Å². The van der Waals surface area contributed by atoms with E-state index in [1.165, 1.54) is 16.3 Å². The summed E-state index contributed by atoms with van der Waals surface area (Å²) in [5.41, 5.74) is 13.4. The fourth-order valence-corrected chi connectivity index (χ4v) is 10.8. The zero-order valence-electron chi connectivity index (χ0n) is 48.9. The van der Waals surface area contributed by atoms with E-state index in [9.17, 15) is 2.74 Å². The molecule has 0 radical (unpaired) electrons. The molecule has 0 bridgehead atoms. The first-order chi connectivity index (χ1) is 39.0. The fourth-order valence-electron chi connectivity index (χ4n) is 10.8. The predicted molar refractivity (Wildman–Crippen MR) is 312 cm³/mol. The van der Waals surface area contributed by atoms with Crippen LogP contribution in [0.4, 0.5) is 0 Å². The summed E-state index contributed by atoms with van der Waals surface area (Å²) in [5, 5.41) is 4.46. The standard InChI is InChI=1S/C70H57N5O.Pt/c1-8-46-36-37-71-67(38-46)75-63-35-32-52(74-61-28-14-12-24-57(61)58-25-13-15-29-62(58)74)43-60(63)59-34-33-54(44-66(59)75)76-53-23-18-22-51(42-53)72-45-73(65-31-17-16-30-64(65)72)68-55(47-20-10-9-11-21-47)26-19-27-56(68)48-39-49(69(2,3)4)41-50(40-48)70(5,6)7;/h9-41,43H,8H2,1-7H3;/q-2;/i9D,10D,11D,20D,21D;. The topological polar surface area (TPSA) is 40.8 Å². The molecular formula is C70H57N5OPt-2. The van der Waals surface area contributed by atoms with Crippen LogP contribution in [0.3, 0.4) is 0 Å². The number of pyridine rings is 1. The van der Waals surface area contributed by atoms with Gasteiger partial charge < -0.3 is 18.4 Å². The molecule has 0 atom stereocenters. The fraction of sp³-hybridized carbons (Fsp3) is 0.143. The molecule has 0 unspecified atom stereocenters. The van der Waals surface area contributed by atoms with Gasteiger partial charge in [-0.3, -0.25) is 4.57 Å². The Labute approximate surface area is 471 Å². The summed E-state index contributed by atoms with van der Waals surface area (Å²) in [6, 6.07) is 63.6. The molecule has 7 heteroatoms. The van der Waals surface area contributed by atoms with Crippen molar-refractivity contribution in [1.29, 1.82) is 0 Å². The molecule has 0 aliphatic heterocycles. The van der Waals surface area contributed by atoms with Crippen LogP contribution < -0.4 is 9.30 Å². The number of nitrogens with zero attached hydrogens (tertiary/aromatic N) is 5. The Bertz CT molecular complexity index is 4600. The summed E-state index contributed by atoms with van der Waals surface area (Å²) < 4.78 is 59.8. The van der Waals surface area contributed by atoms with E-state index in [0.29, 0.717) is 28.4 Å². The van der Waals surface area contributed by atoms with Crippen molar-refractivity contribution in [2.75, 3.05) is 0 Å². The molecule has 77 heavy (non-hydrogen) atoms. The van der Waals surface area contributed by atoms with Gasteiger partial charge in [-0.1, -0.05) is 181 Å². The normalized spacial score (nSPS) is 12.9. The van der Waals surface area contributed by atoms with Crippen LogP contribution in [-0.2, 0) is 38.3 Å². The van der Waals surface area contributed by atoms with Gasteiger partial charge in [0.1, 0.15) is 5.82 Å². The minimum Gasteiger partial charge on any atom is -0.510 e. The van der Waals surface area contributed by atoms with Crippen LogP contribution in [0, 0.1) is 18.5 Å². The number of aryl methyl sites for hydroxylation is 1. The monoisotopic (exact) mass is 1180 g/mol. The number of hydrogen-bond donors (Lipinski definition) is 0. The molecule has 9 aromatic carbocycles. The molecule has 0 aliphatic carbocycles. The van der Waals surface area contributed by atoms with Crippen molar-refractivity contribution in [3.63, 3.8) is 0 Å². The van der Waals surface area contributed by atoms with Gasteiger partial charge in [0.05, 0.1) is 34.6 Å². The van der Waals surface area contributed by atoms with Crippen molar-refractivity contribution in [2.24, 2.45) is 0 Å². The van der Waals surface area contributed by atoms with Crippen molar-refractivity contribution < 1.29 is 37.2 Å². The maximum atomic E-state index is 9.26. The van der Waals surface area contributed by atoms with E-state index in [1.807, 2.05) is 82.1 Å². The second-order valence-corrected chi connectivity index (χ2v) is 21.6. The molecule has 0 N–H and O–H groups in total. The molecule has 0 spiro atoms. The van der Waals surface area contributed by atoms with Gasteiger partial charge in [0.15, 0.2) is 0 Å². The van der Waals surface area contributed by atoms with E-state index in [2.05, 4.69) is 179 Å². The maximum Gasteiger partial charge on any atom is 0.268 e. The van der Waals surface area contributed by atoms with Crippen molar-refractivity contribution in [3.8, 4) is 56.6 Å². The van der Waals surface area contributed by atoms with E-state index in [4.69, 9.17) is 13.8 Å². The number of ether oxygens (including phenoxy) is 1. The van der Waals surface area contributed by atoms with Crippen LogP contribution in [0.1, 0.15) is 72.0 Å². The van der Waals surface area contributed by atoms with Crippen LogP contribution in [0.15, 0.2) is 206 Å². The Morgan fingerprint density at radius 1 is 0.558 bits per heavy atom. The molecule has 0 saturated heterocycles. The third-order valence-electron chi connectivity index (χ3n) is 14.7. The third kappa shape index (κ3) is 8.75. The van der Waals surface area contributed by atoms with Gasteiger partial charge in [-0.25, -0.2) is 4.98 Å². The average molecular weight is 1180 g/mol. The van der Waals surface area contributed by atoms with E-state index in [0.717, 1.165) is 84.1 Å². The Balaban J connectivity index is 0.00000665. The number of rotatable bonds is 9. The van der Waals surface area contributed by atoms with Gasteiger partial charge in [-0.2, -0.15) is 18.2 Å². The van der Waals surface area contributed by atoms with Crippen molar-refractivity contribution in [2.45, 2.75) is 65.7 Å². The van der Waals surface area contributed by atoms with Crippen LogP contribution in [0.5, 0.6) is 11.5 Å². The Morgan fingerprint density at radius 3 is 1.90 bits per heavy atom. The predicted octanol–water partition coefficient (Wildman–Crippen LogP) is 17.2. The van der Waals surface area contributed by atoms with Gasteiger partial charge in [-0.15, -0.1) is 29.7 Å². The molecule has 0 aliphatic rings. The molecule has 13 rings (SSSR count). The van der Waals surface area contributed by atoms with Crippen LogP contribution in [0.25, 0.3) is 99.8 Å². The number of aromatic nitrogens is 5. The molecule has 0 fully saturated rings. The summed E-state index contributed by atoms with van der Waals surface area (Å²) in [6.07, 6.45) is 6.41. The zero-order chi connectivity index (χ0) is 56.2. The van der Waals surface area contributed by atoms with Gasteiger partial charge in [0, 0.05) is 60.7 Å². The zero-order valence-corrected chi connectivity index (χ0v) is 46.2. The molecule has 4 heterocycles. The summed E-state index contributed by atoms with van der Waals surface area (Å²) >= 11 is 0. The van der Waals surface area contributed by atoms with Gasteiger partial charge in [0.2, 0.25) is 0 Å². The molecule has 4 aromatic heterocycles. The van der Waals surface area contributed by atoms with E-state index in [-0.39, 0.29) is 49.5 Å². The largest absolute Gasteiger partial charge is 0.510 e. The van der Waals surface area contributed by atoms with Crippen LogP contribution in [-0.4, -0.2) is 18.7 Å². The van der Waals surface area contributed by atoms with Crippen molar-refractivity contribution in [1.82, 2.24) is 18.7 Å². The van der Waals surface area contributed by atoms with Crippen LogP contribution in [0.2, 0.25) is 0 Å². The molecule has 6 nitrogen and oxygen atoms in total. The summed E-state index contributed by atoms with van der Waals surface area (Å²) in [7, 11) is 0. The van der Waals surface area contributed by atoms with E-state index >= 15 is 0 Å². The molecule has 0 amide bonds. The summed E-state index contributed by atoms with van der Waals surface area (Å²) in [4.78, 5) is 4.92. The first-order valence-electron chi connectivity index (χ1n) is 28.4. The minimum absolute atomic E-state index is 0. The van der Waals surface area contributed by atoms with Gasteiger partial charge >= 0.3 is 0 Å². The quantitative estimate of drug-likeness (QED) is 0.107. The number of benzene rings is 9. The molecule has 380 valence electrons. The Morgan fingerprint density at radius 2 is 1.19 bits per heavy atom. The molecule has 0 saturated carbocycles. The van der Waals surface area contributed by atoms with Gasteiger partial charge in [0.25, 0.3) is 6.33 Å². The summed E-state index contributed by atoms with van der Waals surface area (Å²) in [6.45, 7) is 15.4. The maximum absolute atomic E-state index is 9.26. The summed E-state index contributed by atoms with van der Waals surface area (Å²) in [5.74, 6) is 1.74. The first-order valence-corrected chi connectivity index (χ1v) is 25.9. The average Bonchev–Trinajstić information content (AvgIpc) is 4.20. The number of imidazole rings is 1. The second-order valence-electron chi connectivity index (χ2n) is 21.6. The van der Waals surface area contributed by atoms with Gasteiger partial charge in [-0.05, 0) is 110 Å². The van der Waals surface area contributed by atoms with Crippen LogP contribution >= 0.6 is 0 Å². The Hall–Kier alpha value is -8.31. The number of para-hydroxylation sites is 5. The van der Waals surface area contributed by atoms with E-state index in [1.54, 1.807) is 0 Å². The molecule has 13 aromatic rings.